The van der Waals surface area contributed by atoms with Crippen molar-refractivity contribution >= 4 is 17.5 Å². The molecule has 1 aliphatic rings. The minimum Gasteiger partial charge on any atom is -0.357 e. The van der Waals surface area contributed by atoms with Crippen LogP contribution in [0.3, 0.4) is 0 Å². The van der Waals surface area contributed by atoms with Gasteiger partial charge in [-0.2, -0.15) is 0 Å². The minimum atomic E-state index is -0.815. The Balaban J connectivity index is 2.54. The van der Waals surface area contributed by atoms with Crippen LogP contribution in [0.1, 0.15) is 19.4 Å². The molecule has 4 nitrogen and oxygen atoms in total. The standard InChI is InChI=1S/C13H16N2O2/c1-9(16)15-11-7-5-4-6-10(11)8-13(15,2)12(17)14-3/h4-7H,8H2,1-3H3,(H,14,17)/t13-/m0/s1. The highest BCUT2D eigenvalue weighted by Gasteiger charge is 2.47. The first-order valence-corrected chi connectivity index (χ1v) is 5.61. The van der Waals surface area contributed by atoms with Gasteiger partial charge < -0.3 is 5.32 Å². The molecule has 1 heterocycles. The lowest BCUT2D eigenvalue weighted by Gasteiger charge is -2.33. The van der Waals surface area contributed by atoms with Crippen molar-refractivity contribution in [1.82, 2.24) is 5.32 Å². The van der Waals surface area contributed by atoms with Gasteiger partial charge in [-0.1, -0.05) is 18.2 Å². The Labute approximate surface area is 101 Å². The Hall–Kier alpha value is -1.84. The molecule has 17 heavy (non-hydrogen) atoms. The fourth-order valence-electron chi connectivity index (χ4n) is 2.56. The summed E-state index contributed by atoms with van der Waals surface area (Å²) in [6, 6.07) is 7.64. The van der Waals surface area contributed by atoms with Crippen molar-refractivity contribution in [2.45, 2.75) is 25.8 Å². The lowest BCUT2D eigenvalue weighted by molar-refractivity contribution is -0.128. The number of amides is 2. The number of carbonyl (C=O) groups excluding carboxylic acids is 2. The zero-order valence-corrected chi connectivity index (χ0v) is 10.3. The van der Waals surface area contributed by atoms with Gasteiger partial charge in [0, 0.05) is 26.1 Å². The fraction of sp³-hybridized carbons (Fsp3) is 0.385. The van der Waals surface area contributed by atoms with Gasteiger partial charge in [-0.05, 0) is 18.6 Å². The smallest absolute Gasteiger partial charge is 0.246 e. The van der Waals surface area contributed by atoms with Gasteiger partial charge in [0.25, 0.3) is 0 Å². The Bertz CT molecular complexity index is 484. The summed E-state index contributed by atoms with van der Waals surface area (Å²) in [6.07, 6.45) is 0.558. The number of nitrogens with one attached hydrogen (secondary N) is 1. The van der Waals surface area contributed by atoms with Crippen LogP contribution >= 0.6 is 0 Å². The highest BCUT2D eigenvalue weighted by molar-refractivity contribution is 6.05. The third-order valence-corrected chi connectivity index (χ3v) is 3.29. The molecular weight excluding hydrogens is 216 g/mol. The van der Waals surface area contributed by atoms with Crippen LogP contribution < -0.4 is 10.2 Å². The van der Waals surface area contributed by atoms with Crippen molar-refractivity contribution in [3.05, 3.63) is 29.8 Å². The Morgan fingerprint density at radius 1 is 1.35 bits per heavy atom. The monoisotopic (exact) mass is 232 g/mol. The van der Waals surface area contributed by atoms with Crippen molar-refractivity contribution in [2.24, 2.45) is 0 Å². The van der Waals surface area contributed by atoms with E-state index in [1.165, 1.54) is 6.92 Å². The fourth-order valence-corrected chi connectivity index (χ4v) is 2.56. The molecule has 0 radical (unpaired) electrons. The van der Waals surface area contributed by atoms with Crippen LogP contribution in [0.2, 0.25) is 0 Å². The highest BCUT2D eigenvalue weighted by Crippen LogP contribution is 2.38. The van der Waals surface area contributed by atoms with Gasteiger partial charge in [0.2, 0.25) is 11.8 Å². The van der Waals surface area contributed by atoms with Crippen LogP contribution in [-0.2, 0) is 16.0 Å². The molecule has 2 rings (SSSR count). The zero-order valence-electron chi connectivity index (χ0n) is 10.3. The van der Waals surface area contributed by atoms with E-state index in [9.17, 15) is 9.59 Å². The predicted molar refractivity (Wildman–Crippen MR) is 65.8 cm³/mol. The van der Waals surface area contributed by atoms with E-state index in [4.69, 9.17) is 0 Å². The average molecular weight is 232 g/mol. The second-order valence-electron chi connectivity index (χ2n) is 4.51. The van der Waals surface area contributed by atoms with Crippen LogP contribution in [0.25, 0.3) is 0 Å². The molecule has 4 heteroatoms. The SMILES string of the molecule is CNC(=O)[C@]1(C)Cc2ccccc2N1C(C)=O. The third kappa shape index (κ3) is 1.60. The Morgan fingerprint density at radius 3 is 2.59 bits per heavy atom. The Morgan fingerprint density at radius 2 is 2.00 bits per heavy atom. The van der Waals surface area contributed by atoms with E-state index < -0.39 is 5.54 Å². The number of hydrogen-bond acceptors (Lipinski definition) is 2. The molecule has 0 saturated carbocycles. The minimum absolute atomic E-state index is 0.110. The number of fused-ring (bicyclic) bond motifs is 1. The van der Waals surface area contributed by atoms with E-state index in [1.54, 1.807) is 18.9 Å². The van der Waals surface area contributed by atoms with Gasteiger partial charge in [-0.3, -0.25) is 14.5 Å². The molecule has 0 saturated heterocycles. The molecule has 0 fully saturated rings. The number of benzene rings is 1. The van der Waals surface area contributed by atoms with E-state index in [1.807, 2.05) is 24.3 Å². The summed E-state index contributed by atoms with van der Waals surface area (Å²) in [4.78, 5) is 25.4. The first-order valence-electron chi connectivity index (χ1n) is 5.61. The van der Waals surface area contributed by atoms with E-state index in [0.717, 1.165) is 11.3 Å². The van der Waals surface area contributed by atoms with E-state index in [-0.39, 0.29) is 11.8 Å². The molecule has 1 aliphatic heterocycles. The van der Waals surface area contributed by atoms with Crippen molar-refractivity contribution in [3.8, 4) is 0 Å². The molecule has 0 unspecified atom stereocenters. The van der Waals surface area contributed by atoms with Gasteiger partial charge in [-0.15, -0.1) is 0 Å². The van der Waals surface area contributed by atoms with Crippen LogP contribution in [0, 0.1) is 0 Å². The number of carbonyl (C=O) groups is 2. The molecule has 90 valence electrons. The molecule has 1 aromatic carbocycles. The molecule has 1 aromatic rings. The lowest BCUT2D eigenvalue weighted by Crippen LogP contribution is -2.56. The maximum atomic E-state index is 12.0. The third-order valence-electron chi connectivity index (χ3n) is 3.29. The molecular formula is C13H16N2O2. The topological polar surface area (TPSA) is 49.4 Å². The van der Waals surface area contributed by atoms with Gasteiger partial charge in [0.05, 0.1) is 0 Å². The molecule has 0 aliphatic carbocycles. The van der Waals surface area contributed by atoms with E-state index >= 15 is 0 Å². The summed E-state index contributed by atoms with van der Waals surface area (Å²) in [5, 5.41) is 2.63. The van der Waals surface area contributed by atoms with E-state index in [2.05, 4.69) is 5.32 Å². The summed E-state index contributed by atoms with van der Waals surface area (Å²) in [5.74, 6) is -0.245. The molecule has 0 bridgehead atoms. The highest BCUT2D eigenvalue weighted by atomic mass is 16.2. The quantitative estimate of drug-likeness (QED) is 0.788. The summed E-state index contributed by atoms with van der Waals surface area (Å²) in [6.45, 7) is 3.29. The first-order chi connectivity index (χ1) is 8.00. The first kappa shape index (κ1) is 11.6. The van der Waals surface area contributed by atoms with Crippen molar-refractivity contribution in [2.75, 3.05) is 11.9 Å². The zero-order chi connectivity index (χ0) is 12.6. The van der Waals surface area contributed by atoms with Crippen LogP contribution in [0.15, 0.2) is 24.3 Å². The number of rotatable bonds is 1. The Kier molecular flexibility index (Phi) is 2.65. The van der Waals surface area contributed by atoms with Crippen molar-refractivity contribution in [1.29, 1.82) is 0 Å². The summed E-state index contributed by atoms with van der Waals surface area (Å²) in [5.41, 5.74) is 1.06. The maximum absolute atomic E-state index is 12.0. The molecule has 2 amide bonds. The van der Waals surface area contributed by atoms with Crippen molar-refractivity contribution < 1.29 is 9.59 Å². The number of nitrogens with zero attached hydrogens (tertiary/aromatic N) is 1. The van der Waals surface area contributed by atoms with E-state index in [0.29, 0.717) is 6.42 Å². The lowest BCUT2D eigenvalue weighted by atomic mass is 9.95. The summed E-state index contributed by atoms with van der Waals surface area (Å²) in [7, 11) is 1.59. The van der Waals surface area contributed by atoms with Crippen LogP contribution in [0.4, 0.5) is 5.69 Å². The van der Waals surface area contributed by atoms with Gasteiger partial charge in [0.15, 0.2) is 0 Å². The van der Waals surface area contributed by atoms with Crippen LogP contribution in [0.5, 0.6) is 0 Å². The number of anilines is 1. The van der Waals surface area contributed by atoms with Gasteiger partial charge in [-0.25, -0.2) is 0 Å². The average Bonchev–Trinajstić information content (AvgIpc) is 2.61. The molecule has 0 aromatic heterocycles. The summed E-state index contributed by atoms with van der Waals surface area (Å²) < 4.78 is 0. The molecule has 0 spiro atoms. The van der Waals surface area contributed by atoms with Crippen molar-refractivity contribution in [3.63, 3.8) is 0 Å². The number of likely N-dealkylation sites (N-methyl/N-ethyl adjacent to an activating group) is 1. The molecule has 1 atom stereocenters. The molecule has 1 N–H and O–H groups in total. The van der Waals surface area contributed by atoms with Crippen LogP contribution in [-0.4, -0.2) is 24.4 Å². The summed E-state index contributed by atoms with van der Waals surface area (Å²) >= 11 is 0. The predicted octanol–water partition coefficient (Wildman–Crippen LogP) is 1.10. The largest absolute Gasteiger partial charge is 0.357 e. The second kappa shape index (κ2) is 3.87. The second-order valence-corrected chi connectivity index (χ2v) is 4.51. The van der Waals surface area contributed by atoms with Gasteiger partial charge >= 0.3 is 0 Å². The van der Waals surface area contributed by atoms with Gasteiger partial charge in [0.1, 0.15) is 5.54 Å². The number of para-hydroxylation sites is 1. The maximum Gasteiger partial charge on any atom is 0.246 e. The number of hydrogen-bond donors (Lipinski definition) is 1. The normalized spacial score (nSPS) is 22.2.